The summed E-state index contributed by atoms with van der Waals surface area (Å²) in [5.41, 5.74) is 1.36. The molecule has 0 aliphatic heterocycles. The minimum atomic E-state index is -0.273. The van der Waals surface area contributed by atoms with Crippen LogP contribution in [0.3, 0.4) is 0 Å². The summed E-state index contributed by atoms with van der Waals surface area (Å²) in [6.07, 6.45) is 1.31. The van der Waals surface area contributed by atoms with Gasteiger partial charge in [-0.1, -0.05) is 44.7 Å². The molecule has 0 unspecified atom stereocenters. The fourth-order valence-corrected chi connectivity index (χ4v) is 3.62. The summed E-state index contributed by atoms with van der Waals surface area (Å²) < 4.78 is 13.1. The van der Waals surface area contributed by atoms with Gasteiger partial charge >= 0.3 is 0 Å². The van der Waals surface area contributed by atoms with E-state index in [1.807, 2.05) is 36.7 Å². The van der Waals surface area contributed by atoms with Gasteiger partial charge in [-0.25, -0.2) is 0 Å². The molecule has 2 aromatic heterocycles. The Hall–Kier alpha value is -2.74. The van der Waals surface area contributed by atoms with Gasteiger partial charge in [-0.2, -0.15) is 0 Å². The largest absolute Gasteiger partial charge is 0.483 e. The number of ether oxygens (including phenoxy) is 1. The molecule has 0 saturated carbocycles. The Balaban J connectivity index is 1.54. The number of carbonyl (C=O) groups excluding carboxylic acids is 1. The Kier molecular flexibility index (Phi) is 6.87. The van der Waals surface area contributed by atoms with Crippen molar-refractivity contribution in [1.29, 1.82) is 0 Å². The Morgan fingerprint density at radius 1 is 1.23 bits per heavy atom. The molecule has 7 nitrogen and oxygen atoms in total. The van der Waals surface area contributed by atoms with Crippen LogP contribution in [0.15, 0.2) is 52.2 Å². The van der Waals surface area contributed by atoms with Crippen LogP contribution in [0.4, 0.5) is 0 Å². The number of nitrogens with one attached hydrogen (secondary N) is 1. The molecule has 1 amide bonds. The molecule has 2 heterocycles. The quantitative estimate of drug-likeness (QED) is 0.540. The first-order chi connectivity index (χ1) is 14.2. The van der Waals surface area contributed by atoms with Gasteiger partial charge in [0.25, 0.3) is 0 Å². The Bertz CT molecular complexity index is 959. The highest BCUT2D eigenvalue weighted by atomic mass is 32.2. The Morgan fingerprint density at radius 3 is 2.60 bits per heavy atom. The second-order valence-corrected chi connectivity index (χ2v) is 9.02. The average molecular weight is 429 g/mol. The SMILES string of the molecule is C[C@H](Oc1ccc(C(C)(C)C)cc1)c1nnc(SCC(=O)NCc2ccco2)n1C. The van der Waals surface area contributed by atoms with E-state index in [1.165, 1.54) is 17.3 Å². The predicted molar refractivity (Wildman–Crippen MR) is 116 cm³/mol. The molecule has 0 fully saturated rings. The molecule has 1 aromatic carbocycles. The minimum absolute atomic E-state index is 0.0933. The first kappa shape index (κ1) is 22.0. The van der Waals surface area contributed by atoms with E-state index in [4.69, 9.17) is 9.15 Å². The lowest BCUT2D eigenvalue weighted by Gasteiger charge is -2.20. The Morgan fingerprint density at radius 2 is 1.97 bits per heavy atom. The van der Waals surface area contributed by atoms with Crippen molar-refractivity contribution in [3.05, 3.63) is 59.8 Å². The molecule has 0 bridgehead atoms. The summed E-state index contributed by atoms with van der Waals surface area (Å²) in [6, 6.07) is 11.7. The summed E-state index contributed by atoms with van der Waals surface area (Å²) in [6.45, 7) is 8.85. The highest BCUT2D eigenvalue weighted by Gasteiger charge is 2.19. The number of thioether (sulfide) groups is 1. The molecule has 30 heavy (non-hydrogen) atoms. The highest BCUT2D eigenvalue weighted by Crippen LogP contribution is 2.27. The van der Waals surface area contributed by atoms with Crippen molar-refractivity contribution in [2.24, 2.45) is 7.05 Å². The van der Waals surface area contributed by atoms with Crippen molar-refractivity contribution in [2.45, 2.75) is 50.9 Å². The van der Waals surface area contributed by atoms with Crippen LogP contribution in [0.1, 0.15) is 50.9 Å². The first-order valence-electron chi connectivity index (χ1n) is 9.82. The lowest BCUT2D eigenvalue weighted by Crippen LogP contribution is -2.24. The molecule has 0 saturated heterocycles. The summed E-state index contributed by atoms with van der Waals surface area (Å²) in [5.74, 6) is 2.36. The van der Waals surface area contributed by atoms with Crippen LogP contribution >= 0.6 is 11.8 Å². The van der Waals surface area contributed by atoms with E-state index in [0.717, 1.165) is 11.5 Å². The lowest BCUT2D eigenvalue weighted by atomic mass is 9.87. The van der Waals surface area contributed by atoms with E-state index < -0.39 is 0 Å². The van der Waals surface area contributed by atoms with Crippen LogP contribution in [-0.2, 0) is 23.8 Å². The highest BCUT2D eigenvalue weighted by molar-refractivity contribution is 7.99. The number of furan rings is 1. The van der Waals surface area contributed by atoms with Gasteiger partial charge in [0, 0.05) is 7.05 Å². The monoisotopic (exact) mass is 428 g/mol. The number of carbonyl (C=O) groups is 1. The van der Waals surface area contributed by atoms with E-state index in [-0.39, 0.29) is 23.2 Å². The van der Waals surface area contributed by atoms with Crippen molar-refractivity contribution >= 4 is 17.7 Å². The average Bonchev–Trinajstić information content (AvgIpc) is 3.34. The van der Waals surface area contributed by atoms with Crippen molar-refractivity contribution in [3.63, 3.8) is 0 Å². The fourth-order valence-electron chi connectivity index (χ4n) is 2.88. The van der Waals surface area contributed by atoms with Gasteiger partial charge in [-0.3, -0.25) is 4.79 Å². The molecule has 8 heteroatoms. The minimum Gasteiger partial charge on any atom is -0.483 e. The zero-order valence-electron chi connectivity index (χ0n) is 18.0. The van der Waals surface area contributed by atoms with Crippen molar-refractivity contribution in [1.82, 2.24) is 20.1 Å². The van der Waals surface area contributed by atoms with Crippen molar-refractivity contribution in [2.75, 3.05) is 5.75 Å². The van der Waals surface area contributed by atoms with Crippen LogP contribution in [0.25, 0.3) is 0 Å². The van der Waals surface area contributed by atoms with Crippen LogP contribution in [-0.4, -0.2) is 26.4 Å². The molecule has 0 radical (unpaired) electrons. The van der Waals surface area contributed by atoms with Crippen LogP contribution < -0.4 is 10.1 Å². The number of benzene rings is 1. The first-order valence-corrected chi connectivity index (χ1v) is 10.8. The van der Waals surface area contributed by atoms with Crippen LogP contribution in [0.5, 0.6) is 5.75 Å². The molecule has 1 N–H and O–H groups in total. The smallest absolute Gasteiger partial charge is 0.230 e. The van der Waals surface area contributed by atoms with Crippen molar-refractivity contribution in [3.8, 4) is 5.75 Å². The van der Waals surface area contributed by atoms with E-state index >= 15 is 0 Å². The molecular weight excluding hydrogens is 400 g/mol. The third-order valence-electron chi connectivity index (χ3n) is 4.64. The van der Waals surface area contributed by atoms with Crippen LogP contribution in [0, 0.1) is 0 Å². The number of rotatable bonds is 8. The fraction of sp³-hybridized carbons (Fsp3) is 0.409. The molecule has 0 spiro atoms. The number of hydrogen-bond acceptors (Lipinski definition) is 6. The van der Waals surface area contributed by atoms with Gasteiger partial charge in [0.2, 0.25) is 5.91 Å². The van der Waals surface area contributed by atoms with E-state index in [1.54, 1.807) is 12.3 Å². The van der Waals surface area contributed by atoms with Crippen molar-refractivity contribution < 1.29 is 13.9 Å². The zero-order chi connectivity index (χ0) is 21.7. The second kappa shape index (κ2) is 9.38. The summed E-state index contributed by atoms with van der Waals surface area (Å²) in [5, 5.41) is 11.9. The topological polar surface area (TPSA) is 82.2 Å². The second-order valence-electron chi connectivity index (χ2n) is 8.08. The summed E-state index contributed by atoms with van der Waals surface area (Å²) in [4.78, 5) is 12.0. The molecule has 3 aromatic rings. The Labute approximate surface area is 181 Å². The molecule has 3 rings (SSSR count). The maximum absolute atomic E-state index is 12.0. The predicted octanol–water partition coefficient (Wildman–Crippen LogP) is 4.25. The molecular formula is C22H28N4O3S. The lowest BCUT2D eigenvalue weighted by molar-refractivity contribution is -0.118. The standard InChI is InChI=1S/C22H28N4O3S/c1-15(29-17-10-8-16(9-11-17)22(2,3)4)20-24-25-21(26(20)5)30-14-19(27)23-13-18-7-6-12-28-18/h6-12,15H,13-14H2,1-5H3,(H,23,27)/t15-/m0/s1. The van der Waals surface area contributed by atoms with E-state index in [9.17, 15) is 4.79 Å². The summed E-state index contributed by atoms with van der Waals surface area (Å²) in [7, 11) is 1.88. The van der Waals surface area contributed by atoms with Gasteiger partial charge in [0.05, 0.1) is 18.6 Å². The summed E-state index contributed by atoms with van der Waals surface area (Å²) >= 11 is 1.33. The van der Waals surface area contributed by atoms with Gasteiger partial charge in [0.15, 0.2) is 17.1 Å². The van der Waals surface area contributed by atoms with Gasteiger partial charge in [-0.15, -0.1) is 10.2 Å². The van der Waals surface area contributed by atoms with Gasteiger partial charge < -0.3 is 19.0 Å². The number of nitrogens with zero attached hydrogens (tertiary/aromatic N) is 3. The molecule has 160 valence electrons. The third-order valence-corrected chi connectivity index (χ3v) is 5.66. The van der Waals surface area contributed by atoms with Gasteiger partial charge in [-0.05, 0) is 42.2 Å². The number of amides is 1. The van der Waals surface area contributed by atoms with Gasteiger partial charge in [0.1, 0.15) is 11.5 Å². The maximum atomic E-state index is 12.0. The van der Waals surface area contributed by atoms with E-state index in [2.05, 4.69) is 48.4 Å². The third kappa shape index (κ3) is 5.66. The molecule has 0 aliphatic carbocycles. The number of aromatic nitrogens is 3. The van der Waals surface area contributed by atoms with E-state index in [0.29, 0.717) is 17.5 Å². The number of hydrogen-bond donors (Lipinski definition) is 1. The maximum Gasteiger partial charge on any atom is 0.230 e. The normalized spacial score (nSPS) is 12.6. The van der Waals surface area contributed by atoms with Crippen LogP contribution in [0.2, 0.25) is 0 Å². The molecule has 1 atom stereocenters. The zero-order valence-corrected chi connectivity index (χ0v) is 18.8. The molecule has 0 aliphatic rings.